The lowest BCUT2D eigenvalue weighted by molar-refractivity contribution is 0.0697. The van der Waals surface area contributed by atoms with E-state index in [1.54, 1.807) is 24.5 Å². The molecule has 0 aliphatic rings. The smallest absolute Gasteiger partial charge is 0.335 e. The van der Waals surface area contributed by atoms with Gasteiger partial charge in [-0.05, 0) is 41.8 Å². The summed E-state index contributed by atoms with van der Waals surface area (Å²) in [7, 11) is 1.50. The summed E-state index contributed by atoms with van der Waals surface area (Å²) in [5, 5.41) is 9.40. The van der Waals surface area contributed by atoms with Crippen LogP contribution in [-0.2, 0) is 0 Å². The van der Waals surface area contributed by atoms with Gasteiger partial charge in [0.15, 0.2) is 0 Å². The third-order valence-electron chi connectivity index (χ3n) is 3.71. The molecule has 0 bridgehead atoms. The Morgan fingerprint density at radius 3 is 2.04 bits per heavy atom. The van der Waals surface area contributed by atoms with E-state index in [1.165, 1.54) is 7.11 Å². The number of nitrogens with zero attached hydrogens (tertiary/aromatic N) is 2. The number of benzene rings is 2. The van der Waals surface area contributed by atoms with E-state index < -0.39 is 5.97 Å². The summed E-state index contributed by atoms with van der Waals surface area (Å²) in [6, 6.07) is 13.4. The summed E-state index contributed by atoms with van der Waals surface area (Å²) in [6.45, 7) is 2.01. The fraction of sp³-hybridized carbons (Fsp3) is 0.105. The molecule has 120 valence electrons. The van der Waals surface area contributed by atoms with Crippen LogP contribution in [0, 0.1) is 6.92 Å². The van der Waals surface area contributed by atoms with Gasteiger partial charge in [0.1, 0.15) is 0 Å². The summed E-state index contributed by atoms with van der Waals surface area (Å²) in [5.41, 5.74) is 4.64. The number of aromatic carboxylic acids is 1. The zero-order valence-corrected chi connectivity index (χ0v) is 13.4. The van der Waals surface area contributed by atoms with E-state index in [4.69, 9.17) is 4.74 Å². The summed E-state index contributed by atoms with van der Waals surface area (Å²) < 4.78 is 4.95. The molecule has 1 aromatic heterocycles. The Balaban J connectivity index is 2.11. The average Bonchev–Trinajstić information content (AvgIpc) is 2.62. The van der Waals surface area contributed by atoms with Gasteiger partial charge in [-0.1, -0.05) is 29.8 Å². The van der Waals surface area contributed by atoms with Crippen LogP contribution in [0.2, 0.25) is 0 Å². The van der Waals surface area contributed by atoms with Gasteiger partial charge in [0.25, 0.3) is 0 Å². The van der Waals surface area contributed by atoms with Crippen molar-refractivity contribution in [3.05, 3.63) is 66.0 Å². The minimum Gasteiger partial charge on any atom is -0.478 e. The van der Waals surface area contributed by atoms with Crippen LogP contribution < -0.4 is 4.74 Å². The predicted octanol–water partition coefficient (Wildman–Crippen LogP) is 3.83. The van der Waals surface area contributed by atoms with E-state index in [-0.39, 0.29) is 11.6 Å². The van der Waals surface area contributed by atoms with Gasteiger partial charge in [0.2, 0.25) is 0 Å². The van der Waals surface area contributed by atoms with Crippen molar-refractivity contribution >= 4 is 5.97 Å². The van der Waals surface area contributed by atoms with Gasteiger partial charge in [-0.15, -0.1) is 0 Å². The van der Waals surface area contributed by atoms with E-state index in [9.17, 15) is 9.90 Å². The number of methoxy groups -OCH3 is 1. The minimum atomic E-state index is -0.973. The number of carboxylic acids is 1. The molecule has 5 nitrogen and oxygen atoms in total. The lowest BCUT2D eigenvalue weighted by atomic mass is 9.97. The first-order valence-electron chi connectivity index (χ1n) is 7.38. The fourth-order valence-electron chi connectivity index (χ4n) is 2.40. The van der Waals surface area contributed by atoms with Gasteiger partial charge in [0.05, 0.1) is 12.7 Å². The third kappa shape index (κ3) is 3.25. The summed E-state index contributed by atoms with van der Waals surface area (Å²) in [6.07, 6.45) is 3.23. The van der Waals surface area contributed by atoms with E-state index >= 15 is 0 Å². The standard InChI is InChI=1S/C19H16N2O3/c1-12-3-5-13(6-4-12)14-7-15(9-16(8-14)18(22)23)17-10-20-19(24-2)21-11-17/h3-11H,1-2H3,(H,22,23). The van der Waals surface area contributed by atoms with Gasteiger partial charge < -0.3 is 9.84 Å². The van der Waals surface area contributed by atoms with Crippen molar-refractivity contribution in [1.82, 2.24) is 9.97 Å². The largest absolute Gasteiger partial charge is 0.478 e. The molecule has 3 rings (SSSR count). The highest BCUT2D eigenvalue weighted by Crippen LogP contribution is 2.28. The lowest BCUT2D eigenvalue weighted by Gasteiger charge is -2.09. The molecule has 0 amide bonds. The number of aryl methyl sites for hydroxylation is 1. The van der Waals surface area contributed by atoms with E-state index in [0.717, 1.165) is 27.8 Å². The topological polar surface area (TPSA) is 72.3 Å². The molecule has 0 saturated carbocycles. The van der Waals surface area contributed by atoms with Crippen LogP contribution in [0.15, 0.2) is 54.9 Å². The molecular weight excluding hydrogens is 304 g/mol. The van der Waals surface area contributed by atoms with Gasteiger partial charge in [-0.25, -0.2) is 14.8 Å². The summed E-state index contributed by atoms with van der Waals surface area (Å²) in [5.74, 6) is -0.973. The van der Waals surface area contributed by atoms with Crippen molar-refractivity contribution in [2.75, 3.05) is 7.11 Å². The SMILES string of the molecule is COc1ncc(-c2cc(C(=O)O)cc(-c3ccc(C)cc3)c2)cn1. The first-order valence-corrected chi connectivity index (χ1v) is 7.38. The average molecular weight is 320 g/mol. The van der Waals surface area contributed by atoms with Crippen molar-refractivity contribution in [3.63, 3.8) is 0 Å². The molecule has 0 aliphatic carbocycles. The number of aromatic nitrogens is 2. The van der Waals surface area contributed by atoms with Crippen LogP contribution >= 0.6 is 0 Å². The zero-order valence-electron chi connectivity index (χ0n) is 13.4. The molecule has 0 saturated heterocycles. The van der Waals surface area contributed by atoms with Crippen molar-refractivity contribution in [2.24, 2.45) is 0 Å². The van der Waals surface area contributed by atoms with Crippen LogP contribution in [0.25, 0.3) is 22.3 Å². The Kier molecular flexibility index (Phi) is 4.24. The second kappa shape index (κ2) is 6.50. The monoisotopic (exact) mass is 320 g/mol. The minimum absolute atomic E-state index is 0.221. The van der Waals surface area contributed by atoms with E-state index in [2.05, 4.69) is 9.97 Å². The van der Waals surface area contributed by atoms with Gasteiger partial charge in [-0.3, -0.25) is 0 Å². The molecule has 3 aromatic rings. The van der Waals surface area contributed by atoms with Crippen LogP contribution in [-0.4, -0.2) is 28.2 Å². The second-order valence-corrected chi connectivity index (χ2v) is 5.43. The molecule has 0 radical (unpaired) electrons. The normalized spacial score (nSPS) is 10.4. The molecule has 0 unspecified atom stereocenters. The van der Waals surface area contributed by atoms with Crippen molar-refractivity contribution in [2.45, 2.75) is 6.92 Å². The molecular formula is C19H16N2O3. The Hall–Kier alpha value is -3.21. The number of ether oxygens (including phenoxy) is 1. The van der Waals surface area contributed by atoms with Crippen LogP contribution in [0.5, 0.6) is 6.01 Å². The van der Waals surface area contributed by atoms with Gasteiger partial charge >= 0.3 is 12.0 Å². The molecule has 0 fully saturated rings. The maximum atomic E-state index is 11.5. The molecule has 0 spiro atoms. The summed E-state index contributed by atoms with van der Waals surface area (Å²) >= 11 is 0. The van der Waals surface area contributed by atoms with E-state index in [0.29, 0.717) is 0 Å². The third-order valence-corrected chi connectivity index (χ3v) is 3.71. The van der Waals surface area contributed by atoms with E-state index in [1.807, 2.05) is 37.3 Å². The molecule has 1 N–H and O–H groups in total. The maximum absolute atomic E-state index is 11.5. The number of hydrogen-bond donors (Lipinski definition) is 1. The highest BCUT2D eigenvalue weighted by atomic mass is 16.5. The quantitative estimate of drug-likeness (QED) is 0.791. The first-order chi connectivity index (χ1) is 11.6. The van der Waals surface area contributed by atoms with Crippen LogP contribution in [0.3, 0.4) is 0 Å². The number of carbonyl (C=O) groups is 1. The first kappa shape index (κ1) is 15.7. The Bertz CT molecular complexity index is 872. The Morgan fingerprint density at radius 1 is 0.917 bits per heavy atom. The number of rotatable bonds is 4. The Labute approximate surface area is 139 Å². The molecule has 0 atom stereocenters. The predicted molar refractivity (Wildman–Crippen MR) is 91.2 cm³/mol. The highest BCUT2D eigenvalue weighted by Gasteiger charge is 2.10. The van der Waals surface area contributed by atoms with Gasteiger partial charge in [0, 0.05) is 18.0 Å². The second-order valence-electron chi connectivity index (χ2n) is 5.43. The fourth-order valence-corrected chi connectivity index (χ4v) is 2.40. The van der Waals surface area contributed by atoms with Crippen molar-refractivity contribution < 1.29 is 14.6 Å². The van der Waals surface area contributed by atoms with Crippen LogP contribution in [0.4, 0.5) is 0 Å². The summed E-state index contributed by atoms with van der Waals surface area (Å²) in [4.78, 5) is 19.6. The van der Waals surface area contributed by atoms with Crippen LogP contribution in [0.1, 0.15) is 15.9 Å². The van der Waals surface area contributed by atoms with Crippen molar-refractivity contribution in [3.8, 4) is 28.3 Å². The molecule has 24 heavy (non-hydrogen) atoms. The van der Waals surface area contributed by atoms with Gasteiger partial charge in [-0.2, -0.15) is 0 Å². The molecule has 0 aliphatic heterocycles. The maximum Gasteiger partial charge on any atom is 0.335 e. The molecule has 2 aromatic carbocycles. The Morgan fingerprint density at radius 2 is 1.50 bits per heavy atom. The highest BCUT2D eigenvalue weighted by molar-refractivity contribution is 5.92. The number of hydrogen-bond acceptors (Lipinski definition) is 4. The number of carboxylic acid groups (broad SMARTS) is 1. The zero-order chi connectivity index (χ0) is 17.1. The molecule has 5 heteroatoms. The molecule has 1 heterocycles. The lowest BCUT2D eigenvalue weighted by Crippen LogP contribution is -1.98. The van der Waals surface area contributed by atoms with Crippen molar-refractivity contribution in [1.29, 1.82) is 0 Å².